The van der Waals surface area contributed by atoms with Gasteiger partial charge in [-0.25, -0.2) is 4.79 Å². The maximum Gasteiger partial charge on any atom is 0.367 e. The third-order valence-corrected chi connectivity index (χ3v) is 1.91. The topological polar surface area (TPSA) is 38.3 Å². The predicted octanol–water partition coefficient (Wildman–Crippen LogP) is 2.80. The zero-order valence-corrected chi connectivity index (χ0v) is 9.37. The number of carbonyl (C=O) groups is 1. The molecule has 0 saturated heterocycles. The van der Waals surface area contributed by atoms with E-state index in [-0.39, 0.29) is 3.98 Å². The van der Waals surface area contributed by atoms with Gasteiger partial charge in [0, 0.05) is 12.7 Å². The van der Waals surface area contributed by atoms with Crippen LogP contribution in [0.1, 0.15) is 5.56 Å². The summed E-state index contributed by atoms with van der Waals surface area (Å²) in [7, 11) is 1.86. The average molecular weight is 291 g/mol. The first-order valence-electron chi connectivity index (χ1n) is 3.81. The summed E-state index contributed by atoms with van der Waals surface area (Å²) in [6.07, 6.45) is 0. The van der Waals surface area contributed by atoms with E-state index in [9.17, 15) is 4.79 Å². The van der Waals surface area contributed by atoms with Crippen molar-refractivity contribution in [1.29, 1.82) is 0 Å². The standard InChI is InChI=1S/C9H10INO2/c1-11-8-4-2-7(3-5-8)6-13-9(10)12/h2-5,11H,6H2,1H3. The van der Waals surface area contributed by atoms with Crippen molar-refractivity contribution in [3.8, 4) is 0 Å². The normalized spacial score (nSPS) is 9.38. The Morgan fingerprint density at radius 2 is 2.08 bits per heavy atom. The highest BCUT2D eigenvalue weighted by molar-refractivity contribution is 14.1. The average Bonchev–Trinajstić information content (AvgIpc) is 2.15. The van der Waals surface area contributed by atoms with Crippen molar-refractivity contribution in [3.63, 3.8) is 0 Å². The molecule has 0 aliphatic rings. The number of anilines is 1. The van der Waals surface area contributed by atoms with Gasteiger partial charge in [0.15, 0.2) is 0 Å². The van der Waals surface area contributed by atoms with Crippen molar-refractivity contribution in [3.05, 3.63) is 29.8 Å². The minimum absolute atomic E-state index is 0.282. The minimum Gasteiger partial charge on any atom is -0.453 e. The Morgan fingerprint density at radius 3 is 2.54 bits per heavy atom. The molecule has 4 heteroatoms. The largest absolute Gasteiger partial charge is 0.453 e. The molecule has 0 aliphatic carbocycles. The molecule has 0 saturated carbocycles. The van der Waals surface area contributed by atoms with Gasteiger partial charge in [0.05, 0.1) is 22.6 Å². The van der Waals surface area contributed by atoms with Crippen LogP contribution in [0, 0.1) is 0 Å². The van der Waals surface area contributed by atoms with Crippen molar-refractivity contribution in [2.75, 3.05) is 12.4 Å². The lowest BCUT2D eigenvalue weighted by Crippen LogP contribution is -1.94. The first-order valence-corrected chi connectivity index (χ1v) is 4.89. The van der Waals surface area contributed by atoms with Crippen LogP contribution in [0.2, 0.25) is 0 Å². The number of halogens is 1. The fourth-order valence-electron chi connectivity index (χ4n) is 0.908. The first kappa shape index (κ1) is 10.3. The van der Waals surface area contributed by atoms with E-state index < -0.39 is 0 Å². The van der Waals surface area contributed by atoms with E-state index in [2.05, 4.69) is 5.32 Å². The van der Waals surface area contributed by atoms with E-state index in [1.54, 1.807) is 22.6 Å². The van der Waals surface area contributed by atoms with Crippen molar-refractivity contribution in [1.82, 2.24) is 0 Å². The number of ether oxygens (including phenoxy) is 1. The van der Waals surface area contributed by atoms with Gasteiger partial charge in [-0.1, -0.05) is 12.1 Å². The molecule has 3 nitrogen and oxygen atoms in total. The fraction of sp³-hybridized carbons (Fsp3) is 0.222. The lowest BCUT2D eigenvalue weighted by molar-refractivity contribution is 0.172. The molecular weight excluding hydrogens is 281 g/mol. The molecule has 13 heavy (non-hydrogen) atoms. The van der Waals surface area contributed by atoms with Crippen LogP contribution in [-0.4, -0.2) is 11.0 Å². The Labute approximate surface area is 90.6 Å². The summed E-state index contributed by atoms with van der Waals surface area (Å²) >= 11 is 1.61. The van der Waals surface area contributed by atoms with Crippen LogP contribution in [0.5, 0.6) is 0 Å². The van der Waals surface area contributed by atoms with Crippen LogP contribution < -0.4 is 5.32 Å². The maximum atomic E-state index is 10.5. The highest BCUT2D eigenvalue weighted by Gasteiger charge is 1.96. The molecule has 0 amide bonds. The lowest BCUT2D eigenvalue weighted by Gasteiger charge is -2.03. The Kier molecular flexibility index (Phi) is 4.01. The number of benzene rings is 1. The smallest absolute Gasteiger partial charge is 0.367 e. The lowest BCUT2D eigenvalue weighted by atomic mass is 10.2. The van der Waals surface area contributed by atoms with E-state index in [4.69, 9.17) is 4.74 Å². The molecule has 0 aromatic heterocycles. The summed E-state index contributed by atoms with van der Waals surface area (Å²) in [5.41, 5.74) is 2.04. The van der Waals surface area contributed by atoms with Gasteiger partial charge in [0.2, 0.25) is 0 Å². The second kappa shape index (κ2) is 5.06. The van der Waals surface area contributed by atoms with Crippen LogP contribution in [0.3, 0.4) is 0 Å². The zero-order valence-electron chi connectivity index (χ0n) is 7.21. The molecule has 0 radical (unpaired) electrons. The van der Waals surface area contributed by atoms with Gasteiger partial charge in [0.1, 0.15) is 6.61 Å². The maximum absolute atomic E-state index is 10.5. The highest BCUT2D eigenvalue weighted by Crippen LogP contribution is 2.10. The molecule has 0 spiro atoms. The second-order valence-corrected chi connectivity index (χ2v) is 3.35. The molecule has 0 heterocycles. The third kappa shape index (κ3) is 3.63. The first-order chi connectivity index (χ1) is 6.22. The molecule has 1 N–H and O–H groups in total. The quantitative estimate of drug-likeness (QED) is 0.687. The van der Waals surface area contributed by atoms with Gasteiger partial charge >= 0.3 is 3.98 Å². The Bertz CT molecular complexity index is 284. The van der Waals surface area contributed by atoms with Gasteiger partial charge in [-0.15, -0.1) is 0 Å². The number of nitrogens with one attached hydrogen (secondary N) is 1. The van der Waals surface area contributed by atoms with E-state index in [0.717, 1.165) is 11.3 Å². The molecule has 0 atom stereocenters. The van der Waals surface area contributed by atoms with Gasteiger partial charge in [-0.2, -0.15) is 0 Å². The zero-order chi connectivity index (χ0) is 9.68. The van der Waals surface area contributed by atoms with Gasteiger partial charge in [0.25, 0.3) is 0 Å². The Hall–Kier alpha value is -0.780. The van der Waals surface area contributed by atoms with Crippen LogP contribution in [0.15, 0.2) is 24.3 Å². The van der Waals surface area contributed by atoms with Gasteiger partial charge in [-0.05, 0) is 17.7 Å². The third-order valence-electron chi connectivity index (χ3n) is 1.59. The van der Waals surface area contributed by atoms with Crippen molar-refractivity contribution >= 4 is 32.3 Å². The summed E-state index contributed by atoms with van der Waals surface area (Å²) < 4.78 is 4.55. The molecule has 0 fully saturated rings. The summed E-state index contributed by atoms with van der Waals surface area (Å²) in [6.45, 7) is 0.339. The summed E-state index contributed by atoms with van der Waals surface area (Å²) in [4.78, 5) is 10.5. The Morgan fingerprint density at radius 1 is 1.46 bits per heavy atom. The molecule has 1 aromatic rings. The van der Waals surface area contributed by atoms with Crippen molar-refractivity contribution < 1.29 is 9.53 Å². The van der Waals surface area contributed by atoms with E-state index in [0.29, 0.717) is 6.61 Å². The summed E-state index contributed by atoms with van der Waals surface area (Å²) in [5, 5.41) is 3.01. The molecule has 0 bridgehead atoms. The molecule has 70 valence electrons. The van der Waals surface area contributed by atoms with Crippen LogP contribution in [0.25, 0.3) is 0 Å². The monoisotopic (exact) mass is 291 g/mol. The predicted molar refractivity (Wildman–Crippen MR) is 60.2 cm³/mol. The van der Waals surface area contributed by atoms with Gasteiger partial charge < -0.3 is 10.1 Å². The number of rotatable bonds is 3. The highest BCUT2D eigenvalue weighted by atomic mass is 127. The second-order valence-electron chi connectivity index (χ2n) is 2.47. The minimum atomic E-state index is -0.282. The molecule has 0 aliphatic heterocycles. The van der Waals surface area contributed by atoms with Crippen LogP contribution >= 0.6 is 22.6 Å². The van der Waals surface area contributed by atoms with E-state index in [1.807, 2.05) is 31.3 Å². The fourth-order valence-corrected chi connectivity index (χ4v) is 1.06. The molecule has 1 aromatic carbocycles. The summed E-state index contributed by atoms with van der Waals surface area (Å²) in [6, 6.07) is 7.73. The van der Waals surface area contributed by atoms with Crippen LogP contribution in [0.4, 0.5) is 10.5 Å². The van der Waals surface area contributed by atoms with Gasteiger partial charge in [-0.3, -0.25) is 0 Å². The number of hydrogen-bond acceptors (Lipinski definition) is 3. The van der Waals surface area contributed by atoms with Crippen molar-refractivity contribution in [2.45, 2.75) is 6.61 Å². The molecular formula is C9H10INO2. The number of hydrogen-bond donors (Lipinski definition) is 1. The van der Waals surface area contributed by atoms with Crippen LogP contribution in [-0.2, 0) is 11.3 Å². The van der Waals surface area contributed by atoms with E-state index >= 15 is 0 Å². The Balaban J connectivity index is 2.54. The van der Waals surface area contributed by atoms with Crippen molar-refractivity contribution in [2.24, 2.45) is 0 Å². The van der Waals surface area contributed by atoms with E-state index in [1.165, 1.54) is 0 Å². The number of carbonyl (C=O) groups excluding carboxylic acids is 1. The molecule has 1 rings (SSSR count). The summed E-state index contributed by atoms with van der Waals surface area (Å²) in [5.74, 6) is 0. The SMILES string of the molecule is CNc1ccc(COC(=O)I)cc1. The molecule has 0 unspecified atom stereocenters.